The molecular formula is C22H24N6O5S4. The van der Waals surface area contributed by atoms with E-state index in [1.54, 1.807) is 36.7 Å². The fourth-order valence-electron chi connectivity index (χ4n) is 2.84. The van der Waals surface area contributed by atoms with Crippen molar-refractivity contribution in [2.75, 3.05) is 20.5 Å². The molecule has 37 heavy (non-hydrogen) atoms. The van der Waals surface area contributed by atoms with Gasteiger partial charge in [0.15, 0.2) is 10.3 Å². The van der Waals surface area contributed by atoms with Gasteiger partial charge in [-0.15, -0.1) is 22.7 Å². The number of thiazole rings is 2. The number of aryl methyl sites for hydroxylation is 2. The third-order valence-corrected chi connectivity index (χ3v) is 8.99. The number of rotatable bonds is 7. The van der Waals surface area contributed by atoms with Crippen LogP contribution in [0.25, 0.3) is 0 Å². The van der Waals surface area contributed by atoms with Crippen molar-refractivity contribution in [1.82, 2.24) is 9.97 Å². The van der Waals surface area contributed by atoms with Gasteiger partial charge in [0, 0.05) is 41.5 Å². The number of nitrogen functional groups attached to an aromatic ring is 1. The number of nitrogens with two attached hydrogens (primary N) is 1. The standard InChI is InChI=1S/C12H13N3O3S2.C10H11N3O2S2/c1-8-7-10(3-4-11(8)14-9(2)16)20(17,18)15-12-13-5-6-19-12;1-7-6-8(2-3-9(7)11)17(14,15)13-10-12-4-5-16-10/h3-7H,1-2H3,(H,13,15)(H,14,16);2-6H,11H2,1H3,(H,12,13). The fourth-order valence-corrected chi connectivity index (χ4v) is 6.59. The minimum atomic E-state index is -3.67. The Morgan fingerprint density at radius 1 is 0.811 bits per heavy atom. The second-order valence-corrected chi connectivity index (χ2v) is 12.7. The molecule has 0 aliphatic heterocycles. The number of benzene rings is 2. The number of nitrogens with one attached hydrogen (secondary N) is 3. The number of anilines is 4. The Labute approximate surface area is 222 Å². The van der Waals surface area contributed by atoms with E-state index < -0.39 is 20.0 Å². The van der Waals surface area contributed by atoms with Gasteiger partial charge in [0.05, 0.1) is 9.79 Å². The summed E-state index contributed by atoms with van der Waals surface area (Å²) in [6.45, 7) is 4.89. The summed E-state index contributed by atoms with van der Waals surface area (Å²) in [6.07, 6.45) is 3.06. The molecule has 0 aliphatic carbocycles. The summed E-state index contributed by atoms with van der Waals surface area (Å²) < 4.78 is 53.1. The Bertz CT molecular complexity index is 1590. The molecule has 1 amide bonds. The number of hydrogen-bond acceptors (Lipinski definition) is 10. The highest BCUT2D eigenvalue weighted by molar-refractivity contribution is 7.93. The average Bonchev–Trinajstić information content (AvgIpc) is 3.51. The van der Waals surface area contributed by atoms with Crippen LogP contribution in [0.4, 0.5) is 21.6 Å². The van der Waals surface area contributed by atoms with Gasteiger partial charge >= 0.3 is 0 Å². The normalized spacial score (nSPS) is 11.2. The van der Waals surface area contributed by atoms with Gasteiger partial charge in [-0.25, -0.2) is 26.8 Å². The molecule has 0 fully saturated rings. The number of sulfonamides is 2. The minimum absolute atomic E-state index is 0.124. The van der Waals surface area contributed by atoms with Crippen LogP contribution in [-0.4, -0.2) is 32.7 Å². The smallest absolute Gasteiger partial charge is 0.263 e. The van der Waals surface area contributed by atoms with Gasteiger partial charge in [-0.3, -0.25) is 14.2 Å². The molecule has 2 aromatic carbocycles. The first-order valence-corrected chi connectivity index (χ1v) is 15.2. The monoisotopic (exact) mass is 580 g/mol. The molecule has 0 bridgehead atoms. The average molecular weight is 581 g/mol. The number of aromatic nitrogens is 2. The number of carbonyl (C=O) groups excluding carboxylic acids is 1. The van der Waals surface area contributed by atoms with Crippen LogP contribution >= 0.6 is 22.7 Å². The van der Waals surface area contributed by atoms with Crippen LogP contribution in [0.1, 0.15) is 18.1 Å². The number of nitrogens with zero attached hydrogens (tertiary/aromatic N) is 2. The van der Waals surface area contributed by atoms with Crippen molar-refractivity contribution in [1.29, 1.82) is 0 Å². The van der Waals surface area contributed by atoms with Crippen LogP contribution in [-0.2, 0) is 24.8 Å². The van der Waals surface area contributed by atoms with Crippen LogP contribution in [0.3, 0.4) is 0 Å². The maximum absolute atomic E-state index is 12.2. The van der Waals surface area contributed by atoms with Crippen molar-refractivity contribution in [2.45, 2.75) is 30.6 Å². The zero-order chi connectivity index (χ0) is 27.2. The van der Waals surface area contributed by atoms with Crippen LogP contribution in [0, 0.1) is 13.8 Å². The van der Waals surface area contributed by atoms with E-state index in [4.69, 9.17) is 5.73 Å². The molecule has 0 spiro atoms. The fraction of sp³-hybridized carbons (Fsp3) is 0.136. The highest BCUT2D eigenvalue weighted by Crippen LogP contribution is 2.23. The summed E-state index contributed by atoms with van der Waals surface area (Å²) >= 11 is 2.43. The van der Waals surface area contributed by atoms with Gasteiger partial charge in [-0.05, 0) is 61.4 Å². The highest BCUT2D eigenvalue weighted by atomic mass is 32.2. The van der Waals surface area contributed by atoms with Gasteiger partial charge in [0.1, 0.15) is 0 Å². The Morgan fingerprint density at radius 2 is 1.30 bits per heavy atom. The summed E-state index contributed by atoms with van der Waals surface area (Å²) in [5.41, 5.74) is 8.20. The molecule has 0 atom stereocenters. The van der Waals surface area contributed by atoms with E-state index in [-0.39, 0.29) is 15.7 Å². The first-order valence-electron chi connectivity index (χ1n) is 10.5. The Morgan fingerprint density at radius 3 is 1.70 bits per heavy atom. The molecule has 196 valence electrons. The summed E-state index contributed by atoms with van der Waals surface area (Å²) in [6, 6.07) is 9.08. The first-order chi connectivity index (χ1) is 17.4. The van der Waals surface area contributed by atoms with E-state index in [0.717, 1.165) is 5.56 Å². The zero-order valence-electron chi connectivity index (χ0n) is 19.9. The third-order valence-electron chi connectivity index (χ3n) is 4.68. The largest absolute Gasteiger partial charge is 0.399 e. The SMILES string of the molecule is CC(=O)Nc1ccc(S(=O)(=O)Nc2nccs2)cc1C.Cc1cc(S(=O)(=O)Nc2nccs2)ccc1N. The molecule has 5 N–H and O–H groups in total. The second kappa shape index (κ2) is 11.7. The molecule has 0 saturated heterocycles. The van der Waals surface area contributed by atoms with E-state index in [0.29, 0.717) is 27.2 Å². The van der Waals surface area contributed by atoms with E-state index >= 15 is 0 Å². The number of amides is 1. The molecule has 2 heterocycles. The van der Waals surface area contributed by atoms with E-state index in [1.807, 2.05) is 0 Å². The third kappa shape index (κ3) is 7.72. The molecule has 2 aromatic heterocycles. The molecular weight excluding hydrogens is 557 g/mol. The molecule has 0 saturated carbocycles. The molecule has 15 heteroatoms. The van der Waals surface area contributed by atoms with Crippen LogP contribution in [0.2, 0.25) is 0 Å². The van der Waals surface area contributed by atoms with Gasteiger partial charge in [0.2, 0.25) is 5.91 Å². The lowest BCUT2D eigenvalue weighted by Crippen LogP contribution is -2.13. The molecule has 0 radical (unpaired) electrons. The first kappa shape index (κ1) is 28.0. The van der Waals surface area contributed by atoms with Crippen molar-refractivity contribution in [2.24, 2.45) is 0 Å². The predicted octanol–water partition coefficient (Wildman–Crippen LogP) is 4.05. The molecule has 4 rings (SSSR count). The Balaban J connectivity index is 0.000000208. The van der Waals surface area contributed by atoms with Gasteiger partial charge < -0.3 is 11.1 Å². The zero-order valence-corrected chi connectivity index (χ0v) is 23.2. The summed E-state index contributed by atoms with van der Waals surface area (Å²) in [7, 11) is -7.25. The molecule has 4 aromatic rings. The predicted molar refractivity (Wildman–Crippen MR) is 147 cm³/mol. The lowest BCUT2D eigenvalue weighted by Gasteiger charge is -2.10. The van der Waals surface area contributed by atoms with Crippen molar-refractivity contribution < 1.29 is 21.6 Å². The summed E-state index contributed by atoms with van der Waals surface area (Å²) in [5.74, 6) is -0.204. The maximum atomic E-state index is 12.2. The topological polar surface area (TPSA) is 173 Å². The van der Waals surface area contributed by atoms with Crippen molar-refractivity contribution >= 4 is 70.3 Å². The molecule has 11 nitrogen and oxygen atoms in total. The van der Waals surface area contributed by atoms with Crippen LogP contribution in [0.15, 0.2) is 69.3 Å². The van der Waals surface area contributed by atoms with Crippen LogP contribution in [0.5, 0.6) is 0 Å². The van der Waals surface area contributed by atoms with E-state index in [2.05, 4.69) is 24.7 Å². The van der Waals surface area contributed by atoms with E-state index in [1.165, 1.54) is 66.3 Å². The minimum Gasteiger partial charge on any atom is -0.399 e. The van der Waals surface area contributed by atoms with Gasteiger partial charge in [0.25, 0.3) is 20.0 Å². The Kier molecular flexibility index (Phi) is 8.85. The summed E-state index contributed by atoms with van der Waals surface area (Å²) in [4.78, 5) is 19.1. The summed E-state index contributed by atoms with van der Waals surface area (Å²) in [5, 5.41) is 6.68. The molecule has 0 unspecified atom stereocenters. The van der Waals surface area contributed by atoms with Crippen LogP contribution < -0.4 is 20.5 Å². The lowest BCUT2D eigenvalue weighted by molar-refractivity contribution is -0.114. The molecule has 0 aliphatic rings. The van der Waals surface area contributed by atoms with Crippen molar-refractivity contribution in [3.8, 4) is 0 Å². The number of hydrogen-bond donors (Lipinski definition) is 4. The van der Waals surface area contributed by atoms with Gasteiger partial charge in [-0.1, -0.05) is 0 Å². The number of carbonyl (C=O) groups is 1. The van der Waals surface area contributed by atoms with E-state index in [9.17, 15) is 21.6 Å². The highest BCUT2D eigenvalue weighted by Gasteiger charge is 2.17. The quantitative estimate of drug-likeness (QED) is 0.237. The Hall–Kier alpha value is -3.53. The van der Waals surface area contributed by atoms with Gasteiger partial charge in [-0.2, -0.15) is 0 Å². The van der Waals surface area contributed by atoms with Crippen molar-refractivity contribution in [3.05, 3.63) is 70.7 Å². The maximum Gasteiger partial charge on any atom is 0.263 e. The van der Waals surface area contributed by atoms with Crippen molar-refractivity contribution in [3.63, 3.8) is 0 Å². The second-order valence-electron chi connectivity index (χ2n) is 7.56. The lowest BCUT2D eigenvalue weighted by atomic mass is 10.2.